The summed E-state index contributed by atoms with van der Waals surface area (Å²) in [6, 6.07) is 4.78. The number of nitrogens with one attached hydrogen (secondary N) is 1. The third-order valence-corrected chi connectivity index (χ3v) is 7.29. The molecule has 34 heavy (non-hydrogen) atoms. The molecule has 1 heterocycles. The molecule has 0 aliphatic heterocycles. The van der Waals surface area contributed by atoms with Crippen LogP contribution in [-0.2, 0) is 26.0 Å². The molecule has 1 unspecified atom stereocenters. The van der Waals surface area contributed by atoms with Crippen molar-refractivity contribution in [2.24, 2.45) is 5.92 Å². The Hall–Kier alpha value is -2.79. The van der Waals surface area contributed by atoms with E-state index in [2.05, 4.69) is 15.5 Å². The van der Waals surface area contributed by atoms with Gasteiger partial charge < -0.3 is 14.6 Å². The first-order chi connectivity index (χ1) is 16.0. The number of carbonyl (C=O) groups excluding carboxylic acids is 2. The molecule has 1 aromatic heterocycles. The average Bonchev–Trinajstić information content (AvgIpc) is 3.26. The van der Waals surface area contributed by atoms with Crippen LogP contribution in [0.1, 0.15) is 76.1 Å². The average molecular weight is 495 g/mol. The number of sulfonamides is 1. The lowest BCUT2D eigenvalue weighted by atomic mass is 10.0. The third-order valence-electron chi connectivity index (χ3n) is 5.24. The van der Waals surface area contributed by atoms with Crippen LogP contribution in [0.3, 0.4) is 0 Å². The SMILES string of the molecule is CCCc1noc(C(C)OC(=O)[C@@H](NC(=O)c2cccc(S(=O)(=O)N(CC)CC)c2)C(C)C)n1. The van der Waals surface area contributed by atoms with Crippen molar-refractivity contribution in [2.75, 3.05) is 13.1 Å². The van der Waals surface area contributed by atoms with E-state index in [1.54, 1.807) is 34.6 Å². The predicted octanol–water partition coefficient (Wildman–Crippen LogP) is 3.11. The van der Waals surface area contributed by atoms with E-state index in [1.807, 2.05) is 6.92 Å². The summed E-state index contributed by atoms with van der Waals surface area (Å²) < 4.78 is 37.6. The number of benzene rings is 1. The predicted molar refractivity (Wildman–Crippen MR) is 125 cm³/mol. The second-order valence-electron chi connectivity index (χ2n) is 8.19. The summed E-state index contributed by atoms with van der Waals surface area (Å²) in [4.78, 5) is 30.0. The monoisotopic (exact) mass is 494 g/mol. The molecule has 2 aromatic rings. The van der Waals surface area contributed by atoms with Crippen molar-refractivity contribution >= 4 is 21.9 Å². The number of hydrogen-bond acceptors (Lipinski definition) is 8. The van der Waals surface area contributed by atoms with E-state index >= 15 is 0 Å². The normalized spacial score (nSPS) is 13.6. The minimum atomic E-state index is -3.73. The Balaban J connectivity index is 2.16. The zero-order chi connectivity index (χ0) is 25.5. The molecule has 1 N–H and O–H groups in total. The lowest BCUT2D eigenvalue weighted by molar-refractivity contribution is -0.153. The molecule has 0 bridgehead atoms. The molecule has 11 heteroatoms. The largest absolute Gasteiger partial charge is 0.451 e. The summed E-state index contributed by atoms with van der Waals surface area (Å²) >= 11 is 0. The van der Waals surface area contributed by atoms with Gasteiger partial charge in [-0.1, -0.05) is 45.8 Å². The lowest BCUT2D eigenvalue weighted by Gasteiger charge is -2.22. The van der Waals surface area contributed by atoms with Gasteiger partial charge in [0.15, 0.2) is 11.9 Å². The van der Waals surface area contributed by atoms with Gasteiger partial charge >= 0.3 is 5.97 Å². The fraction of sp³-hybridized carbons (Fsp3) is 0.565. The number of hydrogen-bond donors (Lipinski definition) is 1. The lowest BCUT2D eigenvalue weighted by Crippen LogP contribution is -2.45. The van der Waals surface area contributed by atoms with Gasteiger partial charge in [0.2, 0.25) is 10.0 Å². The minimum absolute atomic E-state index is 0.0143. The fourth-order valence-corrected chi connectivity index (χ4v) is 4.79. The van der Waals surface area contributed by atoms with Crippen LogP contribution in [0.15, 0.2) is 33.7 Å². The highest BCUT2D eigenvalue weighted by molar-refractivity contribution is 7.89. The van der Waals surface area contributed by atoms with Gasteiger partial charge in [-0.05, 0) is 37.5 Å². The second-order valence-corrected chi connectivity index (χ2v) is 10.1. The van der Waals surface area contributed by atoms with Crippen LogP contribution in [0.4, 0.5) is 0 Å². The summed E-state index contributed by atoms with van der Waals surface area (Å²) in [5.74, 6) is -0.806. The number of ether oxygens (including phenoxy) is 1. The van der Waals surface area contributed by atoms with E-state index < -0.39 is 34.0 Å². The van der Waals surface area contributed by atoms with Crippen LogP contribution in [-0.4, -0.2) is 53.9 Å². The first-order valence-electron chi connectivity index (χ1n) is 11.5. The first kappa shape index (κ1) is 27.5. The van der Waals surface area contributed by atoms with E-state index in [4.69, 9.17) is 9.26 Å². The highest BCUT2D eigenvalue weighted by Crippen LogP contribution is 2.19. The van der Waals surface area contributed by atoms with Crippen molar-refractivity contribution in [1.29, 1.82) is 0 Å². The number of rotatable bonds is 12. The molecule has 2 atom stereocenters. The Kier molecular flexibility index (Phi) is 9.75. The Morgan fingerprint density at radius 2 is 1.82 bits per heavy atom. The summed E-state index contributed by atoms with van der Waals surface area (Å²) in [5.41, 5.74) is 0.126. The van der Waals surface area contributed by atoms with Crippen LogP contribution in [0.2, 0.25) is 0 Å². The van der Waals surface area contributed by atoms with Gasteiger partial charge in [0.1, 0.15) is 6.04 Å². The molecule has 0 spiro atoms. The maximum absolute atomic E-state index is 12.9. The van der Waals surface area contributed by atoms with Gasteiger partial charge in [-0.2, -0.15) is 9.29 Å². The van der Waals surface area contributed by atoms with Crippen molar-refractivity contribution in [2.45, 2.75) is 71.4 Å². The van der Waals surface area contributed by atoms with Gasteiger partial charge in [0.25, 0.3) is 11.8 Å². The highest BCUT2D eigenvalue weighted by atomic mass is 32.2. The van der Waals surface area contributed by atoms with Crippen molar-refractivity contribution in [3.05, 3.63) is 41.5 Å². The molecule has 1 amide bonds. The van der Waals surface area contributed by atoms with Crippen molar-refractivity contribution in [3.63, 3.8) is 0 Å². The summed E-state index contributed by atoms with van der Waals surface area (Å²) in [6.07, 6.45) is 0.718. The van der Waals surface area contributed by atoms with Crippen LogP contribution >= 0.6 is 0 Å². The molecule has 188 valence electrons. The minimum Gasteiger partial charge on any atom is -0.451 e. The maximum atomic E-state index is 12.9. The zero-order valence-electron chi connectivity index (χ0n) is 20.6. The zero-order valence-corrected chi connectivity index (χ0v) is 21.4. The van der Waals surface area contributed by atoms with Gasteiger partial charge in [-0.3, -0.25) is 4.79 Å². The molecule has 2 rings (SSSR count). The fourth-order valence-electron chi connectivity index (χ4n) is 3.29. The maximum Gasteiger partial charge on any atom is 0.329 e. The quantitative estimate of drug-likeness (QED) is 0.445. The van der Waals surface area contributed by atoms with Crippen molar-refractivity contribution < 1.29 is 27.3 Å². The Bertz CT molecular complexity index is 1080. The molecule has 10 nitrogen and oxygen atoms in total. The van der Waals surface area contributed by atoms with Crippen LogP contribution in [0.25, 0.3) is 0 Å². The first-order valence-corrected chi connectivity index (χ1v) is 12.9. The third kappa shape index (κ3) is 6.63. The molecule has 0 saturated heterocycles. The van der Waals surface area contributed by atoms with Gasteiger partial charge in [0, 0.05) is 25.1 Å². The number of carbonyl (C=O) groups is 2. The van der Waals surface area contributed by atoms with Gasteiger partial charge in [-0.25, -0.2) is 13.2 Å². The molecule has 0 radical (unpaired) electrons. The van der Waals surface area contributed by atoms with Crippen molar-refractivity contribution in [1.82, 2.24) is 19.8 Å². The molecule has 0 aliphatic carbocycles. The molecule has 0 fully saturated rings. The number of amides is 1. The van der Waals surface area contributed by atoms with Gasteiger partial charge in [0.05, 0.1) is 4.90 Å². The van der Waals surface area contributed by atoms with E-state index in [0.717, 1.165) is 6.42 Å². The standard InChI is InChI=1S/C23H34N4O6S/c1-7-11-19-24-22(33-26-19)16(6)32-23(29)20(15(4)5)25-21(28)17-12-10-13-18(14-17)34(30,31)27(8-2)9-3/h10,12-16,20H,7-9,11H2,1-6H3,(H,25,28)/t16?,20-/m0/s1. The van der Waals surface area contributed by atoms with E-state index in [-0.39, 0.29) is 22.3 Å². The molecule has 1 aromatic carbocycles. The van der Waals surface area contributed by atoms with Crippen LogP contribution < -0.4 is 5.32 Å². The summed E-state index contributed by atoms with van der Waals surface area (Å²) in [5, 5.41) is 6.52. The summed E-state index contributed by atoms with van der Waals surface area (Å²) in [6.45, 7) is 11.3. The molecule has 0 aliphatic rings. The van der Waals surface area contributed by atoms with Crippen LogP contribution in [0, 0.1) is 5.92 Å². The molecule has 0 saturated carbocycles. The number of esters is 1. The Morgan fingerprint density at radius 3 is 2.41 bits per heavy atom. The Labute approximate surface area is 201 Å². The Morgan fingerprint density at radius 1 is 1.15 bits per heavy atom. The van der Waals surface area contributed by atoms with E-state index in [0.29, 0.717) is 25.3 Å². The van der Waals surface area contributed by atoms with E-state index in [1.165, 1.54) is 28.6 Å². The smallest absolute Gasteiger partial charge is 0.329 e. The van der Waals surface area contributed by atoms with E-state index in [9.17, 15) is 18.0 Å². The summed E-state index contributed by atoms with van der Waals surface area (Å²) in [7, 11) is -3.73. The topological polar surface area (TPSA) is 132 Å². The van der Waals surface area contributed by atoms with Gasteiger partial charge in [-0.15, -0.1) is 0 Å². The number of aromatic nitrogens is 2. The second kappa shape index (κ2) is 12.1. The van der Waals surface area contributed by atoms with Crippen LogP contribution in [0.5, 0.6) is 0 Å². The molecular formula is C23H34N4O6S. The number of nitrogens with zero attached hydrogens (tertiary/aromatic N) is 3. The highest BCUT2D eigenvalue weighted by Gasteiger charge is 2.30. The van der Waals surface area contributed by atoms with Crippen molar-refractivity contribution in [3.8, 4) is 0 Å². The molecular weight excluding hydrogens is 460 g/mol. The number of aryl methyl sites for hydroxylation is 1.